The molecule has 0 aromatic heterocycles. The Morgan fingerprint density at radius 3 is 2.85 bits per heavy atom. The maximum absolute atomic E-state index is 12.3. The third kappa shape index (κ3) is 4.49. The zero-order valence-corrected chi connectivity index (χ0v) is 15.9. The molecule has 2 aliphatic rings. The average molecular weight is 367 g/mol. The Balaban J connectivity index is 1.21. The van der Waals surface area contributed by atoms with Gasteiger partial charge in [0.05, 0.1) is 5.75 Å². The molecule has 4 heteroatoms. The Bertz CT molecular complexity index is 762. The second-order valence-corrected chi connectivity index (χ2v) is 8.40. The van der Waals surface area contributed by atoms with Crippen LogP contribution < -0.4 is 5.32 Å². The molecule has 3 nitrogen and oxygen atoms in total. The van der Waals surface area contributed by atoms with Crippen molar-refractivity contribution in [2.45, 2.75) is 43.2 Å². The first-order valence-corrected chi connectivity index (χ1v) is 10.5. The third-order valence-corrected chi connectivity index (χ3v) is 6.32. The second-order valence-electron chi connectivity index (χ2n) is 7.35. The number of amides is 1. The van der Waals surface area contributed by atoms with Crippen LogP contribution in [0.3, 0.4) is 0 Å². The number of fused-ring (bicyclic) bond motifs is 1. The second kappa shape index (κ2) is 8.28. The van der Waals surface area contributed by atoms with Crippen molar-refractivity contribution in [2.24, 2.45) is 0 Å². The Hall–Kier alpha value is -1.78. The summed E-state index contributed by atoms with van der Waals surface area (Å²) in [5.74, 6) is 0.663. The van der Waals surface area contributed by atoms with E-state index in [-0.39, 0.29) is 11.9 Å². The van der Waals surface area contributed by atoms with E-state index in [1.807, 2.05) is 0 Å². The van der Waals surface area contributed by atoms with Crippen molar-refractivity contribution >= 4 is 17.7 Å². The van der Waals surface area contributed by atoms with E-state index in [1.54, 1.807) is 11.8 Å². The molecule has 1 aliphatic heterocycles. The van der Waals surface area contributed by atoms with Gasteiger partial charge in [0.15, 0.2) is 0 Å². The van der Waals surface area contributed by atoms with Gasteiger partial charge in [-0.2, -0.15) is 0 Å². The van der Waals surface area contributed by atoms with Gasteiger partial charge in [-0.1, -0.05) is 36.4 Å². The van der Waals surface area contributed by atoms with Gasteiger partial charge in [0.2, 0.25) is 5.91 Å². The molecule has 1 heterocycles. The number of thioether (sulfide) groups is 1. The number of benzene rings is 2. The van der Waals surface area contributed by atoms with Crippen molar-refractivity contribution in [2.75, 3.05) is 18.8 Å². The molecule has 1 saturated heterocycles. The fraction of sp³-hybridized carbons (Fsp3) is 0.409. The zero-order valence-electron chi connectivity index (χ0n) is 15.1. The van der Waals surface area contributed by atoms with Gasteiger partial charge in [0.1, 0.15) is 0 Å². The van der Waals surface area contributed by atoms with Crippen LogP contribution in [0, 0.1) is 0 Å². The lowest BCUT2D eigenvalue weighted by molar-refractivity contribution is -0.119. The summed E-state index contributed by atoms with van der Waals surface area (Å²) < 4.78 is 0. The molecule has 0 radical (unpaired) electrons. The van der Waals surface area contributed by atoms with Gasteiger partial charge in [0, 0.05) is 30.6 Å². The molecule has 2 aromatic rings. The molecular weight excluding hydrogens is 340 g/mol. The molecule has 136 valence electrons. The minimum absolute atomic E-state index is 0.155. The van der Waals surface area contributed by atoms with Crippen molar-refractivity contribution in [3.05, 3.63) is 65.2 Å². The summed E-state index contributed by atoms with van der Waals surface area (Å²) in [6.45, 7) is 2.97. The van der Waals surface area contributed by atoms with Crippen LogP contribution in [0.5, 0.6) is 0 Å². The van der Waals surface area contributed by atoms with Gasteiger partial charge in [-0.3, -0.25) is 9.69 Å². The topological polar surface area (TPSA) is 32.3 Å². The maximum atomic E-state index is 12.3. The molecule has 1 unspecified atom stereocenters. The zero-order chi connectivity index (χ0) is 17.8. The summed E-state index contributed by atoms with van der Waals surface area (Å²) in [4.78, 5) is 16.0. The molecule has 1 N–H and O–H groups in total. The molecular formula is C22H26N2OS. The molecule has 1 atom stereocenters. The molecule has 26 heavy (non-hydrogen) atoms. The Kier molecular flexibility index (Phi) is 5.61. The number of aryl methyl sites for hydroxylation is 2. The molecule has 0 bridgehead atoms. The Morgan fingerprint density at radius 2 is 1.96 bits per heavy atom. The molecule has 4 rings (SSSR count). The lowest BCUT2D eigenvalue weighted by Gasteiger charge is -2.16. The van der Waals surface area contributed by atoms with Crippen LogP contribution in [0.2, 0.25) is 0 Å². The molecule has 1 aliphatic carbocycles. The van der Waals surface area contributed by atoms with Crippen molar-refractivity contribution < 1.29 is 4.79 Å². The highest BCUT2D eigenvalue weighted by Gasteiger charge is 2.23. The first-order chi connectivity index (χ1) is 12.8. The lowest BCUT2D eigenvalue weighted by Crippen LogP contribution is -2.37. The lowest BCUT2D eigenvalue weighted by atomic mass is 10.1. The number of nitrogens with zero attached hydrogens (tertiary/aromatic N) is 1. The van der Waals surface area contributed by atoms with Gasteiger partial charge in [-0.25, -0.2) is 0 Å². The van der Waals surface area contributed by atoms with Crippen molar-refractivity contribution in [3.8, 4) is 0 Å². The van der Waals surface area contributed by atoms with Crippen LogP contribution in [-0.2, 0) is 24.2 Å². The van der Waals surface area contributed by atoms with Crippen LogP contribution in [0.1, 0.15) is 29.5 Å². The van der Waals surface area contributed by atoms with E-state index >= 15 is 0 Å². The monoisotopic (exact) mass is 366 g/mol. The van der Waals surface area contributed by atoms with Crippen LogP contribution >= 0.6 is 11.8 Å². The highest BCUT2D eigenvalue weighted by Crippen LogP contribution is 2.27. The number of hydrogen-bond acceptors (Lipinski definition) is 3. The number of rotatable bonds is 6. The number of likely N-dealkylation sites (tertiary alicyclic amines) is 1. The summed E-state index contributed by atoms with van der Waals surface area (Å²) in [7, 11) is 0. The van der Waals surface area contributed by atoms with E-state index < -0.39 is 0 Å². The normalized spacial score (nSPS) is 19.5. The molecule has 0 spiro atoms. The Morgan fingerprint density at radius 1 is 1.12 bits per heavy atom. The Labute approximate surface area is 160 Å². The quantitative estimate of drug-likeness (QED) is 0.792. The highest BCUT2D eigenvalue weighted by molar-refractivity contribution is 8.00. The number of nitrogens with one attached hydrogen (secondary N) is 1. The molecule has 0 saturated carbocycles. The number of hydrogen-bond donors (Lipinski definition) is 1. The predicted octanol–water partition coefficient (Wildman–Crippen LogP) is 3.66. The first-order valence-electron chi connectivity index (χ1n) is 9.56. The standard InChI is InChI=1S/C22H26N2OS/c25-22(16-26-21-10-9-18-7-4-8-19(18)13-21)23-20-11-12-24(15-20)14-17-5-2-1-3-6-17/h1-3,5-6,9-10,13,20H,4,7-8,11-12,14-16H2,(H,23,25). The van der Waals surface area contributed by atoms with Gasteiger partial charge < -0.3 is 5.32 Å². The summed E-state index contributed by atoms with van der Waals surface area (Å²) >= 11 is 1.66. The van der Waals surface area contributed by atoms with E-state index in [0.29, 0.717) is 5.75 Å². The van der Waals surface area contributed by atoms with Crippen molar-refractivity contribution in [3.63, 3.8) is 0 Å². The number of carbonyl (C=O) groups is 1. The van der Waals surface area contributed by atoms with Gasteiger partial charge in [0.25, 0.3) is 0 Å². The highest BCUT2D eigenvalue weighted by atomic mass is 32.2. The molecule has 1 fully saturated rings. The van der Waals surface area contributed by atoms with E-state index in [2.05, 4.69) is 58.7 Å². The van der Waals surface area contributed by atoms with Crippen LogP contribution in [-0.4, -0.2) is 35.7 Å². The van der Waals surface area contributed by atoms with E-state index in [1.165, 1.54) is 40.8 Å². The summed E-state index contributed by atoms with van der Waals surface area (Å²) in [5, 5.41) is 3.22. The molecule has 1 amide bonds. The van der Waals surface area contributed by atoms with Crippen molar-refractivity contribution in [1.82, 2.24) is 10.2 Å². The third-order valence-electron chi connectivity index (χ3n) is 5.33. The predicted molar refractivity (Wildman–Crippen MR) is 107 cm³/mol. The summed E-state index contributed by atoms with van der Waals surface area (Å²) in [5.41, 5.74) is 4.30. The van der Waals surface area contributed by atoms with Crippen molar-refractivity contribution in [1.29, 1.82) is 0 Å². The fourth-order valence-electron chi connectivity index (χ4n) is 3.99. The first kappa shape index (κ1) is 17.6. The van der Waals surface area contributed by atoms with E-state index in [0.717, 1.165) is 26.1 Å². The minimum atomic E-state index is 0.155. The smallest absolute Gasteiger partial charge is 0.230 e. The minimum Gasteiger partial charge on any atom is -0.351 e. The SMILES string of the molecule is O=C(CSc1ccc2c(c1)CCC2)NC1CCN(Cc2ccccc2)C1. The van der Waals surface area contributed by atoms with Gasteiger partial charge in [-0.15, -0.1) is 11.8 Å². The molecule has 2 aromatic carbocycles. The maximum Gasteiger partial charge on any atom is 0.230 e. The fourth-order valence-corrected chi connectivity index (χ4v) is 4.76. The summed E-state index contributed by atoms with van der Waals surface area (Å²) in [6, 6.07) is 17.5. The van der Waals surface area contributed by atoms with Crippen LogP contribution in [0.15, 0.2) is 53.4 Å². The van der Waals surface area contributed by atoms with E-state index in [4.69, 9.17) is 0 Å². The van der Waals surface area contributed by atoms with Gasteiger partial charge >= 0.3 is 0 Å². The van der Waals surface area contributed by atoms with Crippen LogP contribution in [0.4, 0.5) is 0 Å². The average Bonchev–Trinajstić information content (AvgIpc) is 3.29. The van der Waals surface area contributed by atoms with E-state index in [9.17, 15) is 4.79 Å². The summed E-state index contributed by atoms with van der Waals surface area (Å²) in [6.07, 6.45) is 4.71. The number of carbonyl (C=O) groups excluding carboxylic acids is 1. The largest absolute Gasteiger partial charge is 0.351 e. The van der Waals surface area contributed by atoms with Crippen LogP contribution in [0.25, 0.3) is 0 Å². The van der Waals surface area contributed by atoms with Gasteiger partial charge in [-0.05, 0) is 54.5 Å².